The van der Waals surface area contributed by atoms with Crippen molar-refractivity contribution in [1.82, 2.24) is 0 Å². The van der Waals surface area contributed by atoms with E-state index in [0.717, 1.165) is 0 Å². The monoisotopic (exact) mass is 424 g/mol. The van der Waals surface area contributed by atoms with Gasteiger partial charge in [-0.15, -0.1) is 0 Å². The number of nitrogen functional groups attached to an aromatic ring is 1. The van der Waals surface area contributed by atoms with Crippen LogP contribution in [0.25, 0.3) is 0 Å². The Kier molecular flexibility index (Phi) is 4.06. The summed E-state index contributed by atoms with van der Waals surface area (Å²) in [6.07, 6.45) is 0. The van der Waals surface area contributed by atoms with Crippen LogP contribution in [0, 0.1) is 15.2 Å². The molecule has 0 aromatic heterocycles. The van der Waals surface area contributed by atoms with Gasteiger partial charge in [-0.25, -0.2) is 8.78 Å². The maximum Gasteiger partial charge on any atom is 0.138 e. The van der Waals surface area contributed by atoms with E-state index in [9.17, 15) is 8.78 Å². The summed E-state index contributed by atoms with van der Waals surface area (Å²) >= 11 is 5.14. The van der Waals surface area contributed by atoms with Crippen molar-refractivity contribution in [2.24, 2.45) is 0 Å². The summed E-state index contributed by atoms with van der Waals surface area (Å²) in [5.74, 6) is -0.759. The van der Waals surface area contributed by atoms with Crippen LogP contribution < -0.4 is 11.1 Å². The minimum atomic E-state index is -0.384. The van der Waals surface area contributed by atoms with Crippen LogP contribution in [0.5, 0.6) is 0 Å². The summed E-state index contributed by atoms with van der Waals surface area (Å²) in [5.41, 5.74) is 7.07. The highest BCUT2D eigenvalue weighted by Gasteiger charge is 2.08. The molecule has 2 aromatic rings. The molecule has 0 radical (unpaired) electrons. The van der Waals surface area contributed by atoms with Crippen molar-refractivity contribution in [3.63, 3.8) is 0 Å². The Morgan fingerprint density at radius 1 is 1.11 bits per heavy atom. The molecule has 3 N–H and O–H groups in total. The van der Waals surface area contributed by atoms with Gasteiger partial charge in [-0.2, -0.15) is 0 Å². The SMILES string of the molecule is Nc1cc(I)c(F)cc1Nc1cc(F)ccc1Br. The lowest BCUT2D eigenvalue weighted by atomic mass is 10.2. The van der Waals surface area contributed by atoms with Gasteiger partial charge in [0.2, 0.25) is 0 Å². The van der Waals surface area contributed by atoms with Crippen LogP contribution in [0.2, 0.25) is 0 Å². The van der Waals surface area contributed by atoms with Gasteiger partial charge in [-0.1, -0.05) is 0 Å². The number of benzene rings is 2. The molecule has 0 aliphatic rings. The highest BCUT2D eigenvalue weighted by atomic mass is 127. The molecule has 0 bridgehead atoms. The fraction of sp³-hybridized carbons (Fsp3) is 0. The molecule has 0 saturated heterocycles. The van der Waals surface area contributed by atoms with Gasteiger partial charge in [0.05, 0.1) is 20.6 Å². The summed E-state index contributed by atoms with van der Waals surface area (Å²) in [5, 5.41) is 2.89. The Morgan fingerprint density at radius 2 is 1.83 bits per heavy atom. The van der Waals surface area contributed by atoms with Gasteiger partial charge < -0.3 is 11.1 Å². The summed E-state index contributed by atoms with van der Waals surface area (Å²) in [6, 6.07) is 7.00. The van der Waals surface area contributed by atoms with Gasteiger partial charge in [-0.3, -0.25) is 0 Å². The van der Waals surface area contributed by atoms with E-state index in [1.807, 2.05) is 22.6 Å². The van der Waals surface area contributed by atoms with Crippen molar-refractivity contribution < 1.29 is 8.78 Å². The Bertz CT molecular complexity index is 605. The molecular formula is C12H8BrF2IN2. The third kappa shape index (κ3) is 2.92. The van der Waals surface area contributed by atoms with Crippen LogP contribution in [-0.4, -0.2) is 0 Å². The number of nitrogens with two attached hydrogens (primary N) is 1. The van der Waals surface area contributed by atoms with Gasteiger partial charge in [0, 0.05) is 10.5 Å². The first-order valence-electron chi connectivity index (χ1n) is 4.94. The molecule has 0 saturated carbocycles. The van der Waals surface area contributed by atoms with Crippen LogP contribution in [0.3, 0.4) is 0 Å². The van der Waals surface area contributed by atoms with Crippen molar-refractivity contribution in [3.8, 4) is 0 Å². The van der Waals surface area contributed by atoms with Gasteiger partial charge in [0.1, 0.15) is 11.6 Å². The largest absolute Gasteiger partial charge is 0.397 e. The summed E-state index contributed by atoms with van der Waals surface area (Å²) in [6.45, 7) is 0. The van der Waals surface area contributed by atoms with Crippen molar-refractivity contribution in [2.45, 2.75) is 0 Å². The third-order valence-corrected chi connectivity index (χ3v) is 3.81. The molecule has 0 aliphatic heterocycles. The normalized spacial score (nSPS) is 10.4. The predicted molar refractivity (Wildman–Crippen MR) is 80.9 cm³/mol. The molecule has 0 heterocycles. The van der Waals surface area contributed by atoms with E-state index in [-0.39, 0.29) is 11.6 Å². The lowest BCUT2D eigenvalue weighted by molar-refractivity contribution is 0.621. The molecule has 0 unspecified atom stereocenters. The third-order valence-electron chi connectivity index (χ3n) is 2.29. The topological polar surface area (TPSA) is 38.0 Å². The van der Waals surface area contributed by atoms with Gasteiger partial charge in [0.25, 0.3) is 0 Å². The Morgan fingerprint density at radius 3 is 2.56 bits per heavy atom. The minimum Gasteiger partial charge on any atom is -0.397 e. The van der Waals surface area contributed by atoms with Crippen molar-refractivity contribution in [2.75, 3.05) is 11.1 Å². The first-order chi connectivity index (χ1) is 8.47. The smallest absolute Gasteiger partial charge is 0.138 e. The Balaban J connectivity index is 2.40. The zero-order valence-electron chi connectivity index (χ0n) is 8.98. The lowest BCUT2D eigenvalue weighted by Gasteiger charge is -2.12. The predicted octanol–water partition coefficient (Wildman–Crippen LogP) is 4.66. The van der Waals surface area contributed by atoms with Crippen molar-refractivity contribution in [1.29, 1.82) is 0 Å². The van der Waals surface area contributed by atoms with Crippen molar-refractivity contribution in [3.05, 3.63) is 50.0 Å². The number of rotatable bonds is 2. The molecule has 0 atom stereocenters. The second-order valence-electron chi connectivity index (χ2n) is 3.60. The number of hydrogen-bond donors (Lipinski definition) is 2. The summed E-state index contributed by atoms with van der Waals surface area (Å²) < 4.78 is 27.7. The van der Waals surface area contributed by atoms with Crippen LogP contribution >= 0.6 is 38.5 Å². The standard InChI is InChI=1S/C12H8BrF2IN2/c13-7-2-1-6(14)3-11(7)18-12-4-8(15)9(16)5-10(12)17/h1-5,18H,17H2. The molecular weight excluding hydrogens is 417 g/mol. The molecule has 18 heavy (non-hydrogen) atoms. The minimum absolute atomic E-state index is 0.375. The molecule has 2 rings (SSSR count). The zero-order valence-corrected chi connectivity index (χ0v) is 12.7. The molecule has 2 nitrogen and oxygen atoms in total. The Labute approximate surface area is 125 Å². The lowest BCUT2D eigenvalue weighted by Crippen LogP contribution is -1.99. The Hall–Kier alpha value is -0.890. The maximum absolute atomic E-state index is 13.5. The van der Waals surface area contributed by atoms with E-state index in [2.05, 4.69) is 21.2 Å². The van der Waals surface area contributed by atoms with E-state index in [1.54, 1.807) is 6.07 Å². The second kappa shape index (κ2) is 5.40. The first kappa shape index (κ1) is 13.5. The van der Waals surface area contributed by atoms with Crippen LogP contribution in [0.4, 0.5) is 25.8 Å². The highest BCUT2D eigenvalue weighted by molar-refractivity contribution is 14.1. The van der Waals surface area contributed by atoms with E-state index >= 15 is 0 Å². The molecule has 0 amide bonds. The quantitative estimate of drug-likeness (QED) is 0.543. The molecule has 2 aromatic carbocycles. The van der Waals surface area contributed by atoms with Crippen LogP contribution in [-0.2, 0) is 0 Å². The zero-order chi connectivity index (χ0) is 13.3. The molecule has 0 fully saturated rings. The van der Waals surface area contributed by atoms with Crippen LogP contribution in [0.1, 0.15) is 0 Å². The van der Waals surface area contributed by atoms with Crippen LogP contribution in [0.15, 0.2) is 34.8 Å². The number of hydrogen-bond acceptors (Lipinski definition) is 2. The first-order valence-corrected chi connectivity index (χ1v) is 6.81. The maximum atomic E-state index is 13.5. The van der Waals surface area contributed by atoms with Crippen molar-refractivity contribution >= 4 is 55.6 Å². The summed E-state index contributed by atoms with van der Waals surface area (Å²) in [4.78, 5) is 0. The second-order valence-corrected chi connectivity index (χ2v) is 5.62. The molecule has 0 aliphatic carbocycles. The fourth-order valence-electron chi connectivity index (χ4n) is 1.41. The fourth-order valence-corrected chi connectivity index (χ4v) is 2.25. The van der Waals surface area contributed by atoms with E-state index in [1.165, 1.54) is 24.3 Å². The van der Waals surface area contributed by atoms with Gasteiger partial charge in [0.15, 0.2) is 0 Å². The molecule has 0 spiro atoms. The number of anilines is 3. The van der Waals surface area contributed by atoms with E-state index in [0.29, 0.717) is 25.1 Å². The van der Waals surface area contributed by atoms with E-state index in [4.69, 9.17) is 5.73 Å². The number of nitrogens with one attached hydrogen (secondary N) is 1. The molecule has 94 valence electrons. The summed E-state index contributed by atoms with van der Waals surface area (Å²) in [7, 11) is 0. The van der Waals surface area contributed by atoms with E-state index < -0.39 is 0 Å². The van der Waals surface area contributed by atoms with Gasteiger partial charge >= 0.3 is 0 Å². The highest BCUT2D eigenvalue weighted by Crippen LogP contribution is 2.31. The number of halogens is 4. The average molecular weight is 425 g/mol. The molecule has 6 heteroatoms. The van der Waals surface area contributed by atoms with Gasteiger partial charge in [-0.05, 0) is 62.8 Å². The average Bonchev–Trinajstić information content (AvgIpc) is 2.30.